The van der Waals surface area contributed by atoms with Crippen LogP contribution in [0.2, 0.25) is 5.02 Å². The summed E-state index contributed by atoms with van der Waals surface area (Å²) in [6, 6.07) is 9.27. The van der Waals surface area contributed by atoms with Gasteiger partial charge in [-0.1, -0.05) is 29.8 Å². The Bertz CT molecular complexity index is 919. The van der Waals surface area contributed by atoms with E-state index in [4.69, 9.17) is 11.6 Å². The van der Waals surface area contributed by atoms with Crippen molar-refractivity contribution >= 4 is 28.5 Å². The molecule has 2 aromatic heterocycles. The number of aromatic nitrogens is 3. The molecule has 3 rings (SSSR count). The summed E-state index contributed by atoms with van der Waals surface area (Å²) >= 11 is 6.25. The van der Waals surface area contributed by atoms with Crippen LogP contribution in [0.25, 0.3) is 11.0 Å². The summed E-state index contributed by atoms with van der Waals surface area (Å²) in [7, 11) is 3.62. The summed E-state index contributed by atoms with van der Waals surface area (Å²) in [6.45, 7) is 3.87. The van der Waals surface area contributed by atoms with Crippen molar-refractivity contribution in [2.75, 3.05) is 7.05 Å². The van der Waals surface area contributed by atoms with Crippen LogP contribution in [-0.2, 0) is 7.05 Å². The van der Waals surface area contributed by atoms with Gasteiger partial charge in [0, 0.05) is 30.7 Å². The zero-order chi connectivity index (χ0) is 17.4. The van der Waals surface area contributed by atoms with Gasteiger partial charge in [0.2, 0.25) is 0 Å². The lowest BCUT2D eigenvalue weighted by Crippen LogP contribution is -2.29. The number of carbonyl (C=O) groups is 1. The van der Waals surface area contributed by atoms with Gasteiger partial charge in [0.1, 0.15) is 0 Å². The Kier molecular flexibility index (Phi) is 4.28. The van der Waals surface area contributed by atoms with Gasteiger partial charge in [0.25, 0.3) is 5.91 Å². The Labute approximate surface area is 145 Å². The first-order valence-corrected chi connectivity index (χ1v) is 8.09. The Morgan fingerprint density at radius 3 is 2.75 bits per heavy atom. The SMILES string of the molecule is Cc1nn(C)c2ncc(C(=O)N(C)C(C)c3ccccc3Cl)cc12. The molecule has 24 heavy (non-hydrogen) atoms. The van der Waals surface area contributed by atoms with Crippen molar-refractivity contribution < 1.29 is 4.79 Å². The van der Waals surface area contributed by atoms with Gasteiger partial charge in [0.15, 0.2) is 5.65 Å². The highest BCUT2D eigenvalue weighted by atomic mass is 35.5. The molecule has 0 aliphatic rings. The number of carbonyl (C=O) groups excluding carboxylic acids is 1. The first kappa shape index (κ1) is 16.5. The van der Waals surface area contributed by atoms with Crippen molar-refractivity contribution in [1.82, 2.24) is 19.7 Å². The lowest BCUT2D eigenvalue weighted by atomic mass is 10.1. The monoisotopic (exact) mass is 342 g/mol. The smallest absolute Gasteiger partial charge is 0.255 e. The van der Waals surface area contributed by atoms with Crippen LogP contribution in [-0.4, -0.2) is 32.6 Å². The number of hydrogen-bond donors (Lipinski definition) is 0. The molecule has 3 aromatic rings. The molecule has 1 amide bonds. The van der Waals surface area contributed by atoms with Crippen molar-refractivity contribution in [1.29, 1.82) is 0 Å². The van der Waals surface area contributed by atoms with E-state index in [1.807, 2.05) is 51.2 Å². The highest BCUT2D eigenvalue weighted by molar-refractivity contribution is 6.31. The summed E-state index contributed by atoms with van der Waals surface area (Å²) in [6.07, 6.45) is 1.60. The third-order valence-corrected chi connectivity index (χ3v) is 4.71. The maximum absolute atomic E-state index is 12.8. The second kappa shape index (κ2) is 6.24. The minimum atomic E-state index is -0.142. The van der Waals surface area contributed by atoms with Crippen molar-refractivity contribution in [3.63, 3.8) is 0 Å². The summed E-state index contributed by atoms with van der Waals surface area (Å²) in [5.74, 6) is -0.0972. The van der Waals surface area contributed by atoms with E-state index in [0.29, 0.717) is 10.6 Å². The Hall–Kier alpha value is -2.40. The van der Waals surface area contributed by atoms with Crippen molar-refractivity contribution in [3.8, 4) is 0 Å². The minimum Gasteiger partial charge on any atom is -0.335 e. The predicted octanol–water partition coefficient (Wildman–Crippen LogP) is 3.76. The zero-order valence-corrected chi connectivity index (χ0v) is 14.9. The minimum absolute atomic E-state index is 0.0972. The van der Waals surface area contributed by atoms with Crippen molar-refractivity contribution in [2.24, 2.45) is 7.05 Å². The third-order valence-electron chi connectivity index (χ3n) is 4.37. The molecule has 0 spiro atoms. The Morgan fingerprint density at radius 1 is 1.33 bits per heavy atom. The number of hydrogen-bond acceptors (Lipinski definition) is 3. The summed E-state index contributed by atoms with van der Waals surface area (Å²) in [4.78, 5) is 18.9. The van der Waals surface area contributed by atoms with Crippen LogP contribution < -0.4 is 0 Å². The number of nitrogens with zero attached hydrogens (tertiary/aromatic N) is 4. The van der Waals surface area contributed by atoms with E-state index in [0.717, 1.165) is 22.3 Å². The van der Waals surface area contributed by atoms with Gasteiger partial charge in [0.05, 0.1) is 17.3 Å². The van der Waals surface area contributed by atoms with E-state index in [2.05, 4.69) is 10.1 Å². The Balaban J connectivity index is 1.93. The number of halogens is 1. The second-order valence-corrected chi connectivity index (χ2v) is 6.32. The fourth-order valence-electron chi connectivity index (χ4n) is 2.83. The highest BCUT2D eigenvalue weighted by Crippen LogP contribution is 2.27. The molecule has 6 heteroatoms. The molecule has 0 saturated carbocycles. The molecule has 2 heterocycles. The molecule has 5 nitrogen and oxygen atoms in total. The number of pyridine rings is 1. The molecule has 0 bridgehead atoms. The van der Waals surface area contributed by atoms with E-state index >= 15 is 0 Å². The summed E-state index contributed by atoms with van der Waals surface area (Å²) in [5.41, 5.74) is 3.09. The summed E-state index contributed by atoms with van der Waals surface area (Å²) in [5, 5.41) is 5.89. The van der Waals surface area contributed by atoms with Gasteiger partial charge < -0.3 is 4.90 Å². The van der Waals surface area contributed by atoms with Gasteiger partial charge in [-0.2, -0.15) is 5.10 Å². The largest absolute Gasteiger partial charge is 0.335 e. The van der Waals surface area contributed by atoms with Crippen LogP contribution in [0, 0.1) is 6.92 Å². The van der Waals surface area contributed by atoms with Crippen molar-refractivity contribution in [2.45, 2.75) is 19.9 Å². The number of aryl methyl sites for hydroxylation is 2. The fraction of sp³-hybridized carbons (Fsp3) is 0.278. The Morgan fingerprint density at radius 2 is 2.04 bits per heavy atom. The fourth-order valence-corrected chi connectivity index (χ4v) is 3.12. The average Bonchev–Trinajstić information content (AvgIpc) is 2.87. The normalized spacial score (nSPS) is 12.4. The van der Waals surface area contributed by atoms with Crippen molar-refractivity contribution in [3.05, 3.63) is 58.4 Å². The molecule has 0 saturated heterocycles. The van der Waals surface area contributed by atoms with Crippen LogP contribution in [0.1, 0.15) is 34.6 Å². The molecule has 0 aliphatic carbocycles. The van der Waals surface area contributed by atoms with Gasteiger partial charge in [-0.05, 0) is 31.5 Å². The number of benzene rings is 1. The standard InChI is InChI=1S/C18H19ClN4O/c1-11-15-9-13(10-20-17(15)23(4)21-11)18(24)22(3)12(2)14-7-5-6-8-16(14)19/h5-10,12H,1-4H3. The van der Waals surface area contributed by atoms with Gasteiger partial charge >= 0.3 is 0 Å². The van der Waals surface area contributed by atoms with E-state index < -0.39 is 0 Å². The van der Waals surface area contributed by atoms with Crippen LogP contribution in [0.5, 0.6) is 0 Å². The van der Waals surface area contributed by atoms with Crippen LogP contribution in [0.4, 0.5) is 0 Å². The maximum Gasteiger partial charge on any atom is 0.255 e. The lowest BCUT2D eigenvalue weighted by molar-refractivity contribution is 0.0742. The average molecular weight is 343 g/mol. The topological polar surface area (TPSA) is 51.0 Å². The van der Waals surface area contributed by atoms with Crippen LogP contribution in [0.3, 0.4) is 0 Å². The lowest BCUT2D eigenvalue weighted by Gasteiger charge is -2.26. The maximum atomic E-state index is 12.8. The number of amides is 1. The van der Waals surface area contributed by atoms with E-state index in [1.54, 1.807) is 22.8 Å². The van der Waals surface area contributed by atoms with Crippen LogP contribution in [0.15, 0.2) is 36.5 Å². The van der Waals surface area contributed by atoms with Crippen LogP contribution >= 0.6 is 11.6 Å². The molecule has 0 fully saturated rings. The molecule has 1 unspecified atom stereocenters. The molecule has 0 aliphatic heterocycles. The molecular formula is C18H19ClN4O. The first-order valence-electron chi connectivity index (χ1n) is 7.71. The number of rotatable bonds is 3. The van der Waals surface area contributed by atoms with E-state index in [9.17, 15) is 4.79 Å². The number of fused-ring (bicyclic) bond motifs is 1. The van der Waals surface area contributed by atoms with E-state index in [-0.39, 0.29) is 11.9 Å². The van der Waals surface area contributed by atoms with Gasteiger partial charge in [-0.25, -0.2) is 4.98 Å². The molecule has 124 valence electrons. The van der Waals surface area contributed by atoms with Gasteiger partial charge in [-0.3, -0.25) is 9.48 Å². The molecule has 1 atom stereocenters. The third kappa shape index (κ3) is 2.76. The summed E-state index contributed by atoms with van der Waals surface area (Å²) < 4.78 is 1.72. The second-order valence-electron chi connectivity index (χ2n) is 5.92. The quantitative estimate of drug-likeness (QED) is 0.728. The van der Waals surface area contributed by atoms with E-state index in [1.165, 1.54) is 0 Å². The zero-order valence-electron chi connectivity index (χ0n) is 14.1. The molecular weight excluding hydrogens is 324 g/mol. The highest BCUT2D eigenvalue weighted by Gasteiger charge is 2.21. The molecule has 0 N–H and O–H groups in total. The van der Waals surface area contributed by atoms with Gasteiger partial charge in [-0.15, -0.1) is 0 Å². The predicted molar refractivity (Wildman–Crippen MR) is 95.2 cm³/mol. The molecule has 1 aromatic carbocycles. The first-order chi connectivity index (χ1) is 11.4. The molecule has 0 radical (unpaired) electrons.